The van der Waals surface area contributed by atoms with E-state index in [1.165, 1.54) is 16.4 Å². The molecule has 2 aromatic rings. The number of benzene rings is 2. The molecule has 0 aromatic heterocycles. The van der Waals surface area contributed by atoms with E-state index in [1.807, 2.05) is 0 Å². The Kier molecular flexibility index (Phi) is 5.47. The van der Waals surface area contributed by atoms with Crippen molar-refractivity contribution < 1.29 is 0 Å². The Balaban J connectivity index is 2.42. The third-order valence-corrected chi connectivity index (χ3v) is 12.6. The highest BCUT2D eigenvalue weighted by Crippen LogP contribution is 2.71. The zero-order valence-corrected chi connectivity index (χ0v) is 16.5. The van der Waals surface area contributed by atoms with Crippen molar-refractivity contribution in [2.75, 3.05) is 0 Å². The van der Waals surface area contributed by atoms with Gasteiger partial charge < -0.3 is 0 Å². The predicted octanol–water partition coefficient (Wildman–Crippen LogP) is 6.65. The van der Waals surface area contributed by atoms with Gasteiger partial charge in [-0.05, 0) is 26.7 Å². The van der Waals surface area contributed by atoms with E-state index >= 15 is 0 Å². The Morgan fingerprint density at radius 3 is 1.73 bits per heavy atom. The van der Waals surface area contributed by atoms with Crippen molar-refractivity contribution in [2.45, 2.75) is 51.9 Å². The van der Waals surface area contributed by atoms with E-state index in [4.69, 9.17) is 0 Å². The van der Waals surface area contributed by atoms with Gasteiger partial charge in [-0.15, -0.1) is 0 Å². The fraction of sp³-hybridized carbons (Fsp3) is 0.400. The van der Waals surface area contributed by atoms with Gasteiger partial charge in [-0.3, -0.25) is 0 Å². The van der Waals surface area contributed by atoms with Crippen LogP contribution in [0.1, 0.15) is 41.5 Å². The monoisotopic (exact) mass is 330 g/mol. The largest absolute Gasteiger partial charge is 0.0685 e. The van der Waals surface area contributed by atoms with Crippen LogP contribution in [0.4, 0.5) is 0 Å². The van der Waals surface area contributed by atoms with E-state index in [0.29, 0.717) is 10.3 Å². The molecular formula is C20H28P2. The summed E-state index contributed by atoms with van der Waals surface area (Å²) in [6.45, 7) is 14.4. The second-order valence-electron chi connectivity index (χ2n) is 7.70. The molecule has 118 valence electrons. The minimum absolute atomic E-state index is 0.0978. The van der Waals surface area contributed by atoms with Crippen LogP contribution in [0.15, 0.2) is 54.6 Å². The Morgan fingerprint density at radius 2 is 1.18 bits per heavy atom. The Hall–Kier alpha value is -0.700. The van der Waals surface area contributed by atoms with Gasteiger partial charge >= 0.3 is 0 Å². The summed E-state index contributed by atoms with van der Waals surface area (Å²) in [7, 11) is 0.790. The molecule has 0 heterocycles. The molecule has 0 aliphatic carbocycles. The Morgan fingerprint density at radius 1 is 0.682 bits per heavy atom. The molecule has 0 bridgehead atoms. The fourth-order valence-electron chi connectivity index (χ4n) is 2.91. The van der Waals surface area contributed by atoms with E-state index < -0.39 is 0 Å². The molecule has 0 radical (unpaired) electrons. The molecule has 0 N–H and O–H groups in total. The van der Waals surface area contributed by atoms with E-state index in [1.54, 1.807) is 0 Å². The van der Waals surface area contributed by atoms with Gasteiger partial charge in [-0.2, -0.15) is 0 Å². The zero-order valence-electron chi connectivity index (χ0n) is 14.6. The lowest BCUT2D eigenvalue weighted by molar-refractivity contribution is 0.720. The summed E-state index contributed by atoms with van der Waals surface area (Å²) >= 11 is 0. The quantitative estimate of drug-likeness (QED) is 0.553. The topological polar surface area (TPSA) is 0 Å². The molecule has 0 spiro atoms. The maximum absolute atomic E-state index is 2.40. The lowest BCUT2D eigenvalue weighted by atomic mass is 10.1. The SMILES string of the molecule is CC(C)(C)P(Pc1ccccc1-c1ccccc1)C(C)(C)C. The van der Waals surface area contributed by atoms with Crippen LogP contribution in [0.2, 0.25) is 0 Å². The van der Waals surface area contributed by atoms with Crippen LogP contribution in [0.3, 0.4) is 0 Å². The van der Waals surface area contributed by atoms with Gasteiger partial charge in [0.2, 0.25) is 0 Å². The molecule has 22 heavy (non-hydrogen) atoms. The minimum atomic E-state index is -0.0978. The average molecular weight is 330 g/mol. The first kappa shape index (κ1) is 17.7. The van der Waals surface area contributed by atoms with Crippen molar-refractivity contribution in [3.8, 4) is 11.1 Å². The van der Waals surface area contributed by atoms with Crippen molar-refractivity contribution in [1.82, 2.24) is 0 Å². The normalized spacial score (nSPS) is 13.2. The van der Waals surface area contributed by atoms with Crippen LogP contribution in [-0.2, 0) is 0 Å². The molecule has 0 fully saturated rings. The fourth-order valence-corrected chi connectivity index (χ4v) is 9.68. The summed E-state index contributed by atoms with van der Waals surface area (Å²) in [5, 5.41) is 2.26. The molecule has 0 aliphatic rings. The van der Waals surface area contributed by atoms with Gasteiger partial charge in [-0.1, -0.05) is 112 Å². The van der Waals surface area contributed by atoms with Gasteiger partial charge in [0, 0.05) is 0 Å². The van der Waals surface area contributed by atoms with Crippen LogP contribution in [0, 0.1) is 0 Å². The van der Waals surface area contributed by atoms with E-state index in [-0.39, 0.29) is 7.61 Å². The predicted molar refractivity (Wildman–Crippen MR) is 106 cm³/mol. The van der Waals surface area contributed by atoms with Crippen molar-refractivity contribution in [1.29, 1.82) is 0 Å². The van der Waals surface area contributed by atoms with Crippen LogP contribution >= 0.6 is 15.9 Å². The molecule has 2 heteroatoms. The summed E-state index contributed by atoms with van der Waals surface area (Å²) in [6, 6.07) is 19.7. The van der Waals surface area contributed by atoms with Crippen molar-refractivity contribution in [3.05, 3.63) is 54.6 Å². The first-order valence-corrected chi connectivity index (χ1v) is 11.1. The number of hydrogen-bond donors (Lipinski definition) is 0. The molecule has 0 aliphatic heterocycles. The Bertz CT molecular complexity index is 590. The highest BCUT2D eigenvalue weighted by atomic mass is 32.0. The summed E-state index contributed by atoms with van der Waals surface area (Å²) in [6.07, 6.45) is 0. The summed E-state index contributed by atoms with van der Waals surface area (Å²) in [4.78, 5) is 0. The van der Waals surface area contributed by atoms with E-state index in [0.717, 1.165) is 8.27 Å². The van der Waals surface area contributed by atoms with Crippen molar-refractivity contribution >= 4 is 21.2 Å². The molecule has 2 rings (SSSR count). The lowest BCUT2D eigenvalue weighted by Crippen LogP contribution is -2.23. The second-order valence-corrected chi connectivity index (χ2v) is 13.8. The average Bonchev–Trinajstić information content (AvgIpc) is 2.43. The van der Waals surface area contributed by atoms with Crippen LogP contribution < -0.4 is 5.30 Å². The van der Waals surface area contributed by atoms with E-state index in [2.05, 4.69) is 96.1 Å². The zero-order chi connectivity index (χ0) is 16.4. The maximum Gasteiger partial charge on any atom is -0.0106 e. The van der Waals surface area contributed by atoms with Crippen LogP contribution in [0.5, 0.6) is 0 Å². The molecular weight excluding hydrogens is 302 g/mol. The second kappa shape index (κ2) is 6.82. The number of hydrogen-bond acceptors (Lipinski definition) is 0. The first-order valence-electron chi connectivity index (χ1n) is 7.91. The van der Waals surface area contributed by atoms with Crippen LogP contribution in [0.25, 0.3) is 11.1 Å². The van der Waals surface area contributed by atoms with Crippen molar-refractivity contribution in [2.24, 2.45) is 0 Å². The van der Waals surface area contributed by atoms with Gasteiger partial charge in [0.15, 0.2) is 0 Å². The molecule has 0 nitrogen and oxygen atoms in total. The third kappa shape index (κ3) is 4.41. The number of rotatable bonds is 3. The van der Waals surface area contributed by atoms with Crippen molar-refractivity contribution in [3.63, 3.8) is 0 Å². The van der Waals surface area contributed by atoms with Gasteiger partial charge in [-0.25, -0.2) is 0 Å². The molecule has 2 aromatic carbocycles. The first-order chi connectivity index (χ1) is 10.2. The smallest absolute Gasteiger partial charge is 0.0106 e. The summed E-state index contributed by atoms with van der Waals surface area (Å²) < 4.78 is 0. The molecule has 1 unspecified atom stereocenters. The molecule has 0 amide bonds. The lowest BCUT2D eigenvalue weighted by Gasteiger charge is -2.41. The highest BCUT2D eigenvalue weighted by molar-refractivity contribution is 8.25. The molecule has 0 saturated carbocycles. The molecule has 0 saturated heterocycles. The Labute approximate surface area is 139 Å². The van der Waals surface area contributed by atoms with Gasteiger partial charge in [0.05, 0.1) is 0 Å². The maximum atomic E-state index is 2.40. The summed E-state index contributed by atoms with van der Waals surface area (Å²) in [5.74, 6) is 0. The summed E-state index contributed by atoms with van der Waals surface area (Å²) in [5.41, 5.74) is 2.74. The molecule has 1 atom stereocenters. The minimum Gasteiger partial charge on any atom is -0.0685 e. The van der Waals surface area contributed by atoms with Crippen LogP contribution in [-0.4, -0.2) is 10.3 Å². The van der Waals surface area contributed by atoms with Gasteiger partial charge in [0.25, 0.3) is 0 Å². The standard InChI is InChI=1S/C20H28P2/c1-19(2,3)22(20(4,5)6)21-18-15-11-10-14-17(18)16-12-8-7-9-13-16/h7-15,21H,1-6H3. The van der Waals surface area contributed by atoms with Gasteiger partial charge in [0.1, 0.15) is 0 Å². The highest BCUT2D eigenvalue weighted by Gasteiger charge is 2.34. The third-order valence-electron chi connectivity index (χ3n) is 3.59. The van der Waals surface area contributed by atoms with E-state index in [9.17, 15) is 0 Å².